The van der Waals surface area contributed by atoms with Crippen LogP contribution < -0.4 is 0 Å². The molecule has 0 bridgehead atoms. The van der Waals surface area contributed by atoms with Gasteiger partial charge >= 0.3 is 0 Å². The summed E-state index contributed by atoms with van der Waals surface area (Å²) in [5.74, 6) is 0.882. The first-order chi connectivity index (χ1) is 24.7. The molecule has 3 aromatic heterocycles. The number of aliphatic imine (C=N–C) groups is 1. The monoisotopic (exact) mass is 659 g/mol. The lowest BCUT2D eigenvalue weighted by atomic mass is 9.93. The molecule has 0 fully saturated rings. The van der Waals surface area contributed by atoms with Crippen molar-refractivity contribution in [2.75, 3.05) is 7.05 Å². The summed E-state index contributed by atoms with van der Waals surface area (Å²) in [5.41, 5.74) is 9.79. The Morgan fingerprint density at radius 3 is 2.24 bits per heavy atom. The Bertz CT molecular complexity index is 3020. The summed E-state index contributed by atoms with van der Waals surface area (Å²) in [6.45, 7) is 0. The van der Waals surface area contributed by atoms with Crippen molar-refractivity contribution >= 4 is 86.9 Å². The third-order valence-electron chi connectivity index (χ3n) is 10.5. The molecule has 11 rings (SSSR count). The van der Waals surface area contributed by atoms with E-state index in [4.69, 9.17) is 9.41 Å². The van der Waals surface area contributed by atoms with Crippen LogP contribution in [0.2, 0.25) is 0 Å². The van der Waals surface area contributed by atoms with Crippen LogP contribution in [0.1, 0.15) is 17.2 Å². The first-order valence-corrected chi connectivity index (χ1v) is 17.8. The van der Waals surface area contributed by atoms with Gasteiger partial charge < -0.3 is 9.32 Å². The van der Waals surface area contributed by atoms with Gasteiger partial charge in [0.2, 0.25) is 5.96 Å². The summed E-state index contributed by atoms with van der Waals surface area (Å²) >= 11 is 1.88. The number of hydrogen-bond donors (Lipinski definition) is 0. The SMILES string of the molecule is CN1C(n2c3cc(-c4ccccc4)ccc3c3c4oc5ccccc5c4ccc32)=Nc2ccccc2C1c1cccc2c1sc1ccccc12. The Morgan fingerprint density at radius 1 is 0.580 bits per heavy atom. The molecule has 0 spiro atoms. The van der Waals surface area contributed by atoms with Crippen LogP contribution in [0.25, 0.3) is 75.0 Å². The predicted octanol–water partition coefficient (Wildman–Crippen LogP) is 12.3. The van der Waals surface area contributed by atoms with Crippen molar-refractivity contribution in [1.82, 2.24) is 9.47 Å². The molecule has 1 unspecified atom stereocenters. The Labute approximate surface area is 291 Å². The highest BCUT2D eigenvalue weighted by atomic mass is 32.1. The van der Waals surface area contributed by atoms with E-state index in [0.29, 0.717) is 0 Å². The molecule has 236 valence electrons. The molecule has 0 radical (unpaired) electrons. The van der Waals surface area contributed by atoms with Gasteiger partial charge in [0.15, 0.2) is 0 Å². The summed E-state index contributed by atoms with van der Waals surface area (Å²) in [5, 5.41) is 7.10. The Morgan fingerprint density at radius 2 is 1.32 bits per heavy atom. The number of rotatable bonds is 2. The predicted molar refractivity (Wildman–Crippen MR) is 210 cm³/mol. The number of benzene rings is 7. The van der Waals surface area contributed by atoms with E-state index < -0.39 is 0 Å². The van der Waals surface area contributed by atoms with Gasteiger partial charge in [0.1, 0.15) is 11.2 Å². The topological polar surface area (TPSA) is 33.7 Å². The first kappa shape index (κ1) is 27.7. The lowest BCUT2D eigenvalue weighted by Crippen LogP contribution is -2.38. The summed E-state index contributed by atoms with van der Waals surface area (Å²) in [7, 11) is 2.20. The van der Waals surface area contributed by atoms with E-state index in [9.17, 15) is 0 Å². The number of furan rings is 1. The van der Waals surface area contributed by atoms with E-state index >= 15 is 0 Å². The quantitative estimate of drug-likeness (QED) is 0.185. The maximum absolute atomic E-state index is 6.67. The van der Waals surface area contributed by atoms with Gasteiger partial charge in [-0.25, -0.2) is 4.99 Å². The van der Waals surface area contributed by atoms with E-state index in [1.54, 1.807) is 0 Å². The summed E-state index contributed by atoms with van der Waals surface area (Å²) in [6, 6.07) is 54.3. The molecule has 0 saturated carbocycles. The van der Waals surface area contributed by atoms with E-state index in [1.165, 1.54) is 36.9 Å². The van der Waals surface area contributed by atoms with Crippen LogP contribution >= 0.6 is 11.3 Å². The minimum absolute atomic E-state index is 0.0461. The number of para-hydroxylation sites is 2. The average molecular weight is 660 g/mol. The Hall–Kier alpha value is -6.17. The highest BCUT2D eigenvalue weighted by Gasteiger charge is 2.33. The van der Waals surface area contributed by atoms with Crippen molar-refractivity contribution in [2.24, 2.45) is 4.99 Å². The molecule has 7 aromatic carbocycles. The molecular formula is C45H29N3OS. The standard InChI is InChI=1S/C45H29N3OS/c1-47-42(35-18-11-17-32-30-15-7-10-21-40(30)50-44(32)35)33-16-5-8-19-36(33)46-45(47)48-37-25-24-31-29-14-6-9-20-39(29)49-43(31)41(37)34-23-22-28(26-38(34)48)27-12-3-2-4-13-27/h2-26,42H,1H3. The molecular weight excluding hydrogens is 631 g/mol. The van der Waals surface area contributed by atoms with E-state index in [1.807, 2.05) is 17.4 Å². The second kappa shape index (κ2) is 10.4. The van der Waals surface area contributed by atoms with E-state index in [0.717, 1.165) is 61.0 Å². The lowest BCUT2D eigenvalue weighted by molar-refractivity contribution is 0.412. The van der Waals surface area contributed by atoms with Crippen molar-refractivity contribution in [3.8, 4) is 11.1 Å². The van der Waals surface area contributed by atoms with Crippen LogP contribution in [0.5, 0.6) is 0 Å². The fourth-order valence-corrected chi connectivity index (χ4v) is 9.45. The number of nitrogens with zero attached hydrogens (tertiary/aromatic N) is 3. The molecule has 0 saturated heterocycles. The van der Waals surface area contributed by atoms with Crippen LogP contribution in [-0.2, 0) is 0 Å². The zero-order valence-corrected chi connectivity index (χ0v) is 28.0. The van der Waals surface area contributed by atoms with Crippen LogP contribution in [0.3, 0.4) is 0 Å². The average Bonchev–Trinajstić information content (AvgIpc) is 3.84. The molecule has 1 aliphatic rings. The third-order valence-corrected chi connectivity index (χ3v) is 11.7. The van der Waals surface area contributed by atoms with Crippen molar-refractivity contribution in [2.45, 2.75) is 6.04 Å². The van der Waals surface area contributed by atoms with Gasteiger partial charge in [-0.15, -0.1) is 11.3 Å². The van der Waals surface area contributed by atoms with Crippen molar-refractivity contribution in [3.63, 3.8) is 0 Å². The summed E-state index contributed by atoms with van der Waals surface area (Å²) in [4.78, 5) is 7.84. The fraction of sp³-hybridized carbons (Fsp3) is 0.0444. The molecule has 1 atom stereocenters. The normalized spacial score (nSPS) is 14.8. The molecule has 0 N–H and O–H groups in total. The second-order valence-electron chi connectivity index (χ2n) is 13.2. The fourth-order valence-electron chi connectivity index (χ4n) is 8.21. The van der Waals surface area contributed by atoms with Crippen LogP contribution in [0.15, 0.2) is 161 Å². The van der Waals surface area contributed by atoms with Gasteiger partial charge in [-0.1, -0.05) is 115 Å². The summed E-state index contributed by atoms with van der Waals surface area (Å²) < 4.78 is 11.7. The number of thiophene rings is 1. The van der Waals surface area contributed by atoms with Crippen LogP contribution in [0.4, 0.5) is 5.69 Å². The van der Waals surface area contributed by atoms with Gasteiger partial charge in [0.25, 0.3) is 0 Å². The van der Waals surface area contributed by atoms with E-state index in [-0.39, 0.29) is 6.04 Å². The maximum Gasteiger partial charge on any atom is 0.211 e. The lowest BCUT2D eigenvalue weighted by Gasteiger charge is -2.36. The number of fused-ring (bicyclic) bond motifs is 11. The van der Waals surface area contributed by atoms with E-state index in [2.05, 4.69) is 162 Å². The molecule has 0 amide bonds. The Kier molecular flexibility index (Phi) is 5.78. The van der Waals surface area contributed by atoms with Crippen LogP contribution in [-0.4, -0.2) is 22.5 Å². The summed E-state index contributed by atoms with van der Waals surface area (Å²) in [6.07, 6.45) is 0. The molecule has 50 heavy (non-hydrogen) atoms. The van der Waals surface area contributed by atoms with Crippen molar-refractivity contribution in [3.05, 3.63) is 163 Å². The van der Waals surface area contributed by atoms with Gasteiger partial charge in [-0.3, -0.25) is 4.57 Å². The van der Waals surface area contributed by atoms with Gasteiger partial charge in [-0.05, 0) is 53.1 Å². The zero-order chi connectivity index (χ0) is 32.9. The highest BCUT2D eigenvalue weighted by Crippen LogP contribution is 2.47. The highest BCUT2D eigenvalue weighted by molar-refractivity contribution is 7.26. The minimum Gasteiger partial charge on any atom is -0.455 e. The molecule has 0 aliphatic carbocycles. The second-order valence-corrected chi connectivity index (χ2v) is 14.2. The molecule has 10 aromatic rings. The van der Waals surface area contributed by atoms with Gasteiger partial charge in [-0.2, -0.15) is 0 Å². The van der Waals surface area contributed by atoms with Gasteiger partial charge in [0, 0.05) is 48.9 Å². The molecule has 5 heteroatoms. The number of aromatic nitrogens is 1. The Balaban J connectivity index is 1.22. The van der Waals surface area contributed by atoms with Crippen molar-refractivity contribution in [1.29, 1.82) is 0 Å². The molecule has 4 nitrogen and oxygen atoms in total. The largest absolute Gasteiger partial charge is 0.455 e. The third kappa shape index (κ3) is 3.84. The smallest absolute Gasteiger partial charge is 0.211 e. The van der Waals surface area contributed by atoms with Crippen LogP contribution in [0, 0.1) is 0 Å². The zero-order valence-electron chi connectivity index (χ0n) is 27.2. The molecule has 4 heterocycles. The minimum atomic E-state index is -0.0461. The first-order valence-electron chi connectivity index (χ1n) is 17.0. The number of hydrogen-bond acceptors (Lipinski definition) is 4. The maximum atomic E-state index is 6.67. The van der Waals surface area contributed by atoms with Gasteiger partial charge in [0.05, 0.1) is 28.1 Å². The van der Waals surface area contributed by atoms with Crippen molar-refractivity contribution < 1.29 is 4.42 Å². The molecule has 1 aliphatic heterocycles.